The summed E-state index contributed by atoms with van der Waals surface area (Å²) in [7, 11) is -3.22. The van der Waals surface area contributed by atoms with E-state index in [1.54, 1.807) is 12.1 Å². The topological polar surface area (TPSA) is 83.6 Å². The molecular weight excluding hydrogens is 352 g/mol. The molecule has 0 unspecified atom stereocenters. The molecule has 0 radical (unpaired) electrons. The highest BCUT2D eigenvalue weighted by Crippen LogP contribution is 2.26. The van der Waals surface area contributed by atoms with Crippen molar-refractivity contribution in [3.05, 3.63) is 35.4 Å². The molecule has 1 saturated carbocycles. The third kappa shape index (κ3) is 4.44. The summed E-state index contributed by atoms with van der Waals surface area (Å²) in [4.78, 5) is 27.2. The Kier molecular flexibility index (Phi) is 5.65. The SMILES string of the molecule is CS(=O)(=O)CC[C@@H](C(=O)NC1CCCCC1)N1Cc2ccccc2C1=O. The molecule has 142 valence electrons. The fourth-order valence-corrected chi connectivity index (χ4v) is 4.48. The second-order valence-electron chi connectivity index (χ2n) is 7.37. The van der Waals surface area contributed by atoms with E-state index in [2.05, 4.69) is 5.32 Å². The zero-order valence-electron chi connectivity index (χ0n) is 15.1. The van der Waals surface area contributed by atoms with Crippen molar-refractivity contribution in [1.82, 2.24) is 10.2 Å². The molecule has 6 nitrogen and oxygen atoms in total. The summed E-state index contributed by atoms with van der Waals surface area (Å²) in [5.41, 5.74) is 1.48. The minimum atomic E-state index is -3.22. The molecule has 1 aromatic carbocycles. The zero-order valence-corrected chi connectivity index (χ0v) is 15.9. The number of rotatable bonds is 6. The summed E-state index contributed by atoms with van der Waals surface area (Å²) in [5, 5.41) is 3.05. The molecule has 1 heterocycles. The maximum atomic E-state index is 12.9. The molecule has 7 heteroatoms. The van der Waals surface area contributed by atoms with Gasteiger partial charge in [-0.2, -0.15) is 0 Å². The van der Waals surface area contributed by atoms with Crippen molar-refractivity contribution in [3.63, 3.8) is 0 Å². The van der Waals surface area contributed by atoms with E-state index in [9.17, 15) is 18.0 Å². The Labute approximate surface area is 154 Å². The van der Waals surface area contributed by atoms with Crippen molar-refractivity contribution in [2.75, 3.05) is 12.0 Å². The van der Waals surface area contributed by atoms with Crippen LogP contribution in [0.4, 0.5) is 0 Å². The van der Waals surface area contributed by atoms with E-state index in [1.165, 1.54) is 11.3 Å². The average molecular weight is 378 g/mol. The molecule has 0 saturated heterocycles. The van der Waals surface area contributed by atoms with E-state index in [0.717, 1.165) is 37.5 Å². The maximum absolute atomic E-state index is 12.9. The summed E-state index contributed by atoms with van der Waals surface area (Å²) in [6, 6.07) is 6.66. The lowest BCUT2D eigenvalue weighted by molar-refractivity contribution is -0.126. The number of benzene rings is 1. The molecule has 1 aliphatic heterocycles. The highest BCUT2D eigenvalue weighted by atomic mass is 32.2. The Hall–Kier alpha value is -1.89. The third-order valence-electron chi connectivity index (χ3n) is 5.24. The molecule has 0 aromatic heterocycles. The number of hydrogen-bond donors (Lipinski definition) is 1. The number of fused-ring (bicyclic) bond motifs is 1. The van der Waals surface area contributed by atoms with Crippen molar-refractivity contribution in [2.45, 2.75) is 57.2 Å². The van der Waals surface area contributed by atoms with Gasteiger partial charge in [0.05, 0.1) is 5.75 Å². The normalized spacial score (nSPS) is 19.3. The van der Waals surface area contributed by atoms with Crippen LogP contribution >= 0.6 is 0 Å². The van der Waals surface area contributed by atoms with E-state index in [4.69, 9.17) is 0 Å². The molecule has 3 rings (SSSR count). The fourth-order valence-electron chi connectivity index (χ4n) is 3.83. The Morgan fingerprint density at radius 2 is 1.92 bits per heavy atom. The molecule has 2 aliphatic rings. The Morgan fingerprint density at radius 3 is 2.58 bits per heavy atom. The lowest BCUT2D eigenvalue weighted by atomic mass is 9.95. The number of carbonyl (C=O) groups is 2. The van der Waals surface area contributed by atoms with Crippen molar-refractivity contribution < 1.29 is 18.0 Å². The summed E-state index contributed by atoms with van der Waals surface area (Å²) >= 11 is 0. The molecular formula is C19H26N2O4S. The van der Waals surface area contributed by atoms with Crippen molar-refractivity contribution in [3.8, 4) is 0 Å². The van der Waals surface area contributed by atoms with Gasteiger partial charge in [-0.05, 0) is 30.9 Å². The maximum Gasteiger partial charge on any atom is 0.255 e. The molecule has 1 fully saturated rings. The first-order valence-electron chi connectivity index (χ1n) is 9.22. The van der Waals surface area contributed by atoms with E-state index in [1.807, 2.05) is 12.1 Å². The molecule has 1 N–H and O–H groups in total. The van der Waals surface area contributed by atoms with Crippen LogP contribution < -0.4 is 5.32 Å². The standard InChI is InChI=1S/C19H26N2O4S/c1-26(24,25)12-11-17(18(22)20-15-8-3-2-4-9-15)21-13-14-7-5-6-10-16(14)19(21)23/h5-7,10,15,17H,2-4,8-9,11-13H2,1H3,(H,20,22)/t17-/m0/s1. The van der Waals surface area contributed by atoms with Gasteiger partial charge in [0.1, 0.15) is 15.9 Å². The van der Waals surface area contributed by atoms with Crippen LogP contribution in [-0.2, 0) is 21.2 Å². The number of carbonyl (C=O) groups excluding carboxylic acids is 2. The van der Waals surface area contributed by atoms with E-state index >= 15 is 0 Å². The summed E-state index contributed by atoms with van der Waals surface area (Å²) < 4.78 is 23.3. The molecule has 1 aromatic rings. The minimum absolute atomic E-state index is 0.115. The summed E-state index contributed by atoms with van der Waals surface area (Å²) in [6.07, 6.45) is 6.53. The zero-order chi connectivity index (χ0) is 18.7. The average Bonchev–Trinajstić information content (AvgIpc) is 2.92. The molecule has 26 heavy (non-hydrogen) atoms. The monoisotopic (exact) mass is 378 g/mol. The molecule has 2 amide bonds. The van der Waals surface area contributed by atoms with Gasteiger partial charge < -0.3 is 10.2 Å². The second kappa shape index (κ2) is 7.78. The Balaban J connectivity index is 1.77. The largest absolute Gasteiger partial charge is 0.352 e. The Bertz CT molecular complexity index is 784. The molecule has 0 spiro atoms. The van der Waals surface area contributed by atoms with Gasteiger partial charge >= 0.3 is 0 Å². The molecule has 0 bridgehead atoms. The van der Waals surface area contributed by atoms with Crippen LogP contribution in [-0.4, -0.2) is 49.2 Å². The van der Waals surface area contributed by atoms with Crippen LogP contribution in [0.5, 0.6) is 0 Å². The van der Waals surface area contributed by atoms with Crippen LogP contribution in [0.1, 0.15) is 54.4 Å². The predicted molar refractivity (Wildman–Crippen MR) is 99.4 cm³/mol. The van der Waals surface area contributed by atoms with Crippen LogP contribution in [0.15, 0.2) is 24.3 Å². The van der Waals surface area contributed by atoms with Gasteiger partial charge in [0.25, 0.3) is 5.91 Å². The van der Waals surface area contributed by atoms with Crippen LogP contribution in [0.25, 0.3) is 0 Å². The van der Waals surface area contributed by atoms with Gasteiger partial charge in [0.2, 0.25) is 5.91 Å². The highest BCUT2D eigenvalue weighted by molar-refractivity contribution is 7.90. The lowest BCUT2D eigenvalue weighted by Crippen LogP contribution is -2.50. The summed E-state index contributed by atoms with van der Waals surface area (Å²) in [6.45, 7) is 0.349. The number of amides is 2. The first-order chi connectivity index (χ1) is 12.3. The number of hydrogen-bond acceptors (Lipinski definition) is 4. The molecule has 1 aliphatic carbocycles. The third-order valence-corrected chi connectivity index (χ3v) is 6.22. The number of nitrogens with one attached hydrogen (secondary N) is 1. The highest BCUT2D eigenvalue weighted by Gasteiger charge is 2.37. The Morgan fingerprint density at radius 1 is 1.23 bits per heavy atom. The minimum Gasteiger partial charge on any atom is -0.352 e. The van der Waals surface area contributed by atoms with Gasteiger partial charge in [-0.3, -0.25) is 9.59 Å². The van der Waals surface area contributed by atoms with Crippen LogP contribution in [0, 0.1) is 0 Å². The van der Waals surface area contributed by atoms with Gasteiger partial charge in [-0.1, -0.05) is 37.5 Å². The van der Waals surface area contributed by atoms with Crippen LogP contribution in [0.3, 0.4) is 0 Å². The first-order valence-corrected chi connectivity index (χ1v) is 11.3. The van der Waals surface area contributed by atoms with Gasteiger partial charge in [-0.15, -0.1) is 0 Å². The quantitative estimate of drug-likeness (QED) is 0.819. The fraction of sp³-hybridized carbons (Fsp3) is 0.579. The van der Waals surface area contributed by atoms with E-state index in [0.29, 0.717) is 12.1 Å². The van der Waals surface area contributed by atoms with Crippen molar-refractivity contribution in [1.29, 1.82) is 0 Å². The van der Waals surface area contributed by atoms with Crippen LogP contribution in [0.2, 0.25) is 0 Å². The number of nitrogens with zero attached hydrogens (tertiary/aromatic N) is 1. The lowest BCUT2D eigenvalue weighted by Gasteiger charge is -2.30. The van der Waals surface area contributed by atoms with Gasteiger partial charge in [0, 0.05) is 24.4 Å². The first kappa shape index (κ1) is 18.9. The predicted octanol–water partition coefficient (Wildman–Crippen LogP) is 1.89. The van der Waals surface area contributed by atoms with E-state index < -0.39 is 15.9 Å². The van der Waals surface area contributed by atoms with E-state index in [-0.39, 0.29) is 30.0 Å². The van der Waals surface area contributed by atoms with Gasteiger partial charge in [-0.25, -0.2) is 8.42 Å². The van der Waals surface area contributed by atoms with Crippen molar-refractivity contribution >= 4 is 21.7 Å². The van der Waals surface area contributed by atoms with Crippen molar-refractivity contribution in [2.24, 2.45) is 0 Å². The second-order valence-corrected chi connectivity index (χ2v) is 9.63. The molecule has 1 atom stereocenters. The van der Waals surface area contributed by atoms with Gasteiger partial charge in [0.15, 0.2) is 0 Å². The smallest absolute Gasteiger partial charge is 0.255 e. The summed E-state index contributed by atoms with van der Waals surface area (Å²) in [5.74, 6) is -0.546. The number of sulfone groups is 1.